The molecule has 0 heterocycles. The van der Waals surface area contributed by atoms with Crippen LogP contribution >= 0.6 is 11.6 Å². The van der Waals surface area contributed by atoms with Crippen molar-refractivity contribution in [3.63, 3.8) is 0 Å². The molecule has 18 heavy (non-hydrogen) atoms. The molecule has 1 fully saturated rings. The average Bonchev–Trinajstić information content (AvgIpc) is 3.13. The molecule has 3 heteroatoms. The summed E-state index contributed by atoms with van der Waals surface area (Å²) >= 11 is 6.06. The smallest absolute Gasteiger partial charge is 0.122 e. The van der Waals surface area contributed by atoms with E-state index < -0.39 is 0 Å². The van der Waals surface area contributed by atoms with Crippen LogP contribution in [-0.4, -0.2) is 19.2 Å². The highest BCUT2D eigenvalue weighted by Crippen LogP contribution is 2.27. The molecular weight excluding hydrogens is 246 g/mol. The normalized spacial score (nSPS) is 18.4. The lowest BCUT2D eigenvalue weighted by Crippen LogP contribution is -2.34. The Kier molecular flexibility index (Phi) is 4.52. The van der Waals surface area contributed by atoms with Gasteiger partial charge in [0.15, 0.2) is 0 Å². The van der Waals surface area contributed by atoms with Gasteiger partial charge in [-0.25, -0.2) is 0 Å². The van der Waals surface area contributed by atoms with E-state index in [4.69, 9.17) is 16.3 Å². The zero-order valence-corrected chi connectivity index (χ0v) is 12.1. The minimum absolute atomic E-state index is 0.529. The van der Waals surface area contributed by atoms with Crippen LogP contribution < -0.4 is 10.1 Å². The highest BCUT2D eigenvalue weighted by Gasteiger charge is 2.25. The summed E-state index contributed by atoms with van der Waals surface area (Å²) in [6.45, 7) is 4.54. The molecule has 0 saturated heterocycles. The van der Waals surface area contributed by atoms with Gasteiger partial charge in [-0.3, -0.25) is 0 Å². The molecule has 100 valence electrons. The SMILES string of the molecule is COc1ccc(Cl)cc1CC(C)C(C)NC1CC1. The molecular formula is C15H22ClNO. The molecule has 0 amide bonds. The van der Waals surface area contributed by atoms with Crippen molar-refractivity contribution in [2.24, 2.45) is 5.92 Å². The van der Waals surface area contributed by atoms with Gasteiger partial charge in [0.1, 0.15) is 5.75 Å². The lowest BCUT2D eigenvalue weighted by atomic mass is 9.94. The van der Waals surface area contributed by atoms with Crippen molar-refractivity contribution in [2.75, 3.05) is 7.11 Å². The summed E-state index contributed by atoms with van der Waals surface area (Å²) in [4.78, 5) is 0. The van der Waals surface area contributed by atoms with Crippen LogP contribution in [0.25, 0.3) is 0 Å². The number of rotatable bonds is 6. The van der Waals surface area contributed by atoms with Crippen molar-refractivity contribution >= 4 is 11.6 Å². The van der Waals surface area contributed by atoms with E-state index in [-0.39, 0.29) is 0 Å². The fourth-order valence-electron chi connectivity index (χ4n) is 2.22. The predicted octanol–water partition coefficient (Wildman–Crippen LogP) is 3.67. The fraction of sp³-hybridized carbons (Fsp3) is 0.600. The summed E-state index contributed by atoms with van der Waals surface area (Å²) < 4.78 is 5.40. The molecule has 0 aliphatic heterocycles. The summed E-state index contributed by atoms with van der Waals surface area (Å²) in [5, 5.41) is 4.43. The van der Waals surface area contributed by atoms with Gasteiger partial charge < -0.3 is 10.1 Å². The Bertz CT molecular complexity index is 403. The molecule has 1 aliphatic carbocycles. The van der Waals surface area contributed by atoms with Crippen LogP contribution in [0.4, 0.5) is 0 Å². The maximum absolute atomic E-state index is 6.06. The maximum atomic E-state index is 6.06. The first-order valence-corrected chi connectivity index (χ1v) is 7.06. The molecule has 1 aromatic rings. The summed E-state index contributed by atoms with van der Waals surface area (Å²) in [5.41, 5.74) is 1.20. The van der Waals surface area contributed by atoms with Crippen LogP contribution in [0.2, 0.25) is 5.02 Å². The molecule has 0 aromatic heterocycles. The minimum Gasteiger partial charge on any atom is -0.496 e. The highest BCUT2D eigenvalue weighted by molar-refractivity contribution is 6.30. The number of hydrogen-bond donors (Lipinski definition) is 1. The van der Waals surface area contributed by atoms with Gasteiger partial charge in [0.25, 0.3) is 0 Å². The molecule has 2 nitrogen and oxygen atoms in total. The minimum atomic E-state index is 0.529. The van der Waals surface area contributed by atoms with E-state index in [0.29, 0.717) is 12.0 Å². The lowest BCUT2D eigenvalue weighted by Gasteiger charge is -2.22. The van der Waals surface area contributed by atoms with Gasteiger partial charge in [0.2, 0.25) is 0 Å². The Morgan fingerprint density at radius 2 is 2.11 bits per heavy atom. The zero-order chi connectivity index (χ0) is 13.1. The van der Waals surface area contributed by atoms with Gasteiger partial charge in [-0.2, -0.15) is 0 Å². The zero-order valence-electron chi connectivity index (χ0n) is 11.4. The number of nitrogens with one attached hydrogen (secondary N) is 1. The van der Waals surface area contributed by atoms with Crippen LogP contribution in [0.5, 0.6) is 5.75 Å². The quantitative estimate of drug-likeness (QED) is 0.849. The number of methoxy groups -OCH3 is 1. The van der Waals surface area contributed by atoms with Crippen molar-refractivity contribution in [1.82, 2.24) is 5.32 Å². The predicted molar refractivity (Wildman–Crippen MR) is 76.5 cm³/mol. The molecule has 2 atom stereocenters. The summed E-state index contributed by atoms with van der Waals surface area (Å²) in [7, 11) is 1.71. The Morgan fingerprint density at radius 3 is 2.72 bits per heavy atom. The first kappa shape index (κ1) is 13.7. The van der Waals surface area contributed by atoms with E-state index in [9.17, 15) is 0 Å². The van der Waals surface area contributed by atoms with E-state index in [1.807, 2.05) is 18.2 Å². The van der Waals surface area contributed by atoms with E-state index in [0.717, 1.165) is 23.2 Å². The molecule has 1 saturated carbocycles. The van der Waals surface area contributed by atoms with Gasteiger partial charge in [-0.05, 0) is 55.9 Å². The number of hydrogen-bond acceptors (Lipinski definition) is 2. The monoisotopic (exact) mass is 267 g/mol. The third-order valence-corrected chi connectivity index (χ3v) is 3.95. The van der Waals surface area contributed by atoms with E-state index in [1.165, 1.54) is 18.4 Å². The van der Waals surface area contributed by atoms with E-state index in [2.05, 4.69) is 19.2 Å². The van der Waals surface area contributed by atoms with Gasteiger partial charge in [-0.15, -0.1) is 0 Å². The topological polar surface area (TPSA) is 21.3 Å². The second-order valence-corrected chi connectivity index (χ2v) is 5.80. The van der Waals surface area contributed by atoms with Crippen LogP contribution in [0.3, 0.4) is 0 Å². The van der Waals surface area contributed by atoms with Crippen LogP contribution in [0.15, 0.2) is 18.2 Å². The molecule has 1 N–H and O–H groups in total. The molecule has 0 radical (unpaired) electrons. The maximum Gasteiger partial charge on any atom is 0.122 e. The number of halogens is 1. The fourth-order valence-corrected chi connectivity index (χ4v) is 2.41. The number of benzene rings is 1. The van der Waals surface area contributed by atoms with Gasteiger partial charge in [-0.1, -0.05) is 18.5 Å². The van der Waals surface area contributed by atoms with Gasteiger partial charge >= 0.3 is 0 Å². The second kappa shape index (κ2) is 5.94. The molecule has 2 rings (SSSR count). The summed E-state index contributed by atoms with van der Waals surface area (Å²) in [6, 6.07) is 7.12. The molecule has 2 unspecified atom stereocenters. The molecule has 0 spiro atoms. The number of ether oxygens (including phenoxy) is 1. The van der Waals surface area contributed by atoms with Crippen LogP contribution in [0.1, 0.15) is 32.3 Å². The third kappa shape index (κ3) is 3.63. The van der Waals surface area contributed by atoms with Crippen molar-refractivity contribution in [3.05, 3.63) is 28.8 Å². The Hall–Kier alpha value is -0.730. The first-order chi connectivity index (χ1) is 8.60. The first-order valence-electron chi connectivity index (χ1n) is 6.68. The van der Waals surface area contributed by atoms with Crippen LogP contribution in [0, 0.1) is 5.92 Å². The third-order valence-electron chi connectivity index (χ3n) is 3.71. The summed E-state index contributed by atoms with van der Waals surface area (Å²) in [6.07, 6.45) is 3.65. The lowest BCUT2D eigenvalue weighted by molar-refractivity contribution is 0.378. The van der Waals surface area contributed by atoms with Crippen molar-refractivity contribution in [3.8, 4) is 5.75 Å². The molecule has 1 aliphatic rings. The van der Waals surface area contributed by atoms with Crippen molar-refractivity contribution in [1.29, 1.82) is 0 Å². The summed E-state index contributed by atoms with van der Waals surface area (Å²) in [5.74, 6) is 1.50. The standard InChI is InChI=1S/C15H22ClNO/c1-10(11(2)17-14-5-6-14)8-12-9-13(16)4-7-15(12)18-3/h4,7,9-11,14,17H,5-6,8H2,1-3H3. The highest BCUT2D eigenvalue weighted by atomic mass is 35.5. The van der Waals surface area contributed by atoms with Crippen molar-refractivity contribution in [2.45, 2.75) is 45.2 Å². The Labute approximate surface area is 115 Å². The average molecular weight is 268 g/mol. The second-order valence-electron chi connectivity index (χ2n) is 5.37. The largest absolute Gasteiger partial charge is 0.496 e. The molecule has 1 aromatic carbocycles. The van der Waals surface area contributed by atoms with Crippen molar-refractivity contribution < 1.29 is 4.74 Å². The molecule has 0 bridgehead atoms. The van der Waals surface area contributed by atoms with E-state index in [1.54, 1.807) is 7.11 Å². The van der Waals surface area contributed by atoms with Gasteiger partial charge in [0, 0.05) is 17.1 Å². The Balaban J connectivity index is 2.00. The van der Waals surface area contributed by atoms with Crippen LogP contribution in [-0.2, 0) is 6.42 Å². The Morgan fingerprint density at radius 1 is 1.39 bits per heavy atom. The van der Waals surface area contributed by atoms with Gasteiger partial charge in [0.05, 0.1) is 7.11 Å². The van der Waals surface area contributed by atoms with E-state index >= 15 is 0 Å².